The lowest BCUT2D eigenvalue weighted by atomic mass is 9.83. The molecular weight excluding hydrogens is 477 g/mol. The molecule has 0 N–H and O–H groups in total. The van der Waals surface area contributed by atoms with Crippen LogP contribution in [0.2, 0.25) is 0 Å². The summed E-state index contributed by atoms with van der Waals surface area (Å²) in [6, 6.07) is 25.4. The molecule has 2 aliphatic heterocycles. The van der Waals surface area contributed by atoms with Gasteiger partial charge < -0.3 is 9.47 Å². The summed E-state index contributed by atoms with van der Waals surface area (Å²) < 4.78 is 12.1. The van der Waals surface area contributed by atoms with Crippen molar-refractivity contribution in [3.05, 3.63) is 117 Å². The summed E-state index contributed by atoms with van der Waals surface area (Å²) in [5.41, 5.74) is 6.83. The van der Waals surface area contributed by atoms with Crippen molar-refractivity contribution in [1.29, 1.82) is 0 Å². The van der Waals surface area contributed by atoms with Crippen molar-refractivity contribution in [2.45, 2.75) is 19.8 Å². The Morgan fingerprint density at radius 2 is 1.51 bits per heavy atom. The Bertz CT molecular complexity index is 1210. The van der Waals surface area contributed by atoms with Crippen molar-refractivity contribution in [1.82, 2.24) is 4.90 Å². The van der Waals surface area contributed by atoms with E-state index in [0.717, 1.165) is 55.3 Å². The summed E-state index contributed by atoms with van der Waals surface area (Å²) in [4.78, 5) is 2.41. The zero-order valence-electron chi connectivity index (χ0n) is 20.2. The molecule has 0 radical (unpaired) electrons. The van der Waals surface area contributed by atoms with Crippen LogP contribution in [0.5, 0.6) is 5.75 Å². The van der Waals surface area contributed by atoms with Gasteiger partial charge in [0.2, 0.25) is 0 Å². The first-order valence-corrected chi connectivity index (χ1v) is 12.3. The number of aryl methyl sites for hydroxylation is 2. The maximum atomic E-state index is 7.25. The van der Waals surface area contributed by atoms with E-state index in [1.807, 2.05) is 12.1 Å². The molecule has 5 rings (SSSR count). The summed E-state index contributed by atoms with van der Waals surface area (Å²) >= 11 is 7.25. The molecule has 1 fully saturated rings. The molecule has 0 amide bonds. The fraction of sp³-hybridized carbons (Fsp3) is 0.267. The van der Waals surface area contributed by atoms with Gasteiger partial charge in [0.05, 0.1) is 18.2 Å². The number of fused-ring (bicyclic) bond motifs is 1. The normalized spacial score (nSPS) is 19.5. The second-order valence-corrected chi connectivity index (χ2v) is 9.44. The van der Waals surface area contributed by atoms with Crippen molar-refractivity contribution < 1.29 is 9.47 Å². The van der Waals surface area contributed by atoms with Gasteiger partial charge in [0, 0.05) is 36.7 Å². The van der Waals surface area contributed by atoms with Crippen molar-refractivity contribution in [3.8, 4) is 5.75 Å². The third-order valence-electron chi connectivity index (χ3n) is 6.60. The van der Waals surface area contributed by atoms with E-state index in [-0.39, 0.29) is 18.3 Å². The molecule has 0 saturated carbocycles. The molecule has 1 unspecified atom stereocenters. The van der Waals surface area contributed by atoms with Gasteiger partial charge in [-0.2, -0.15) is 0 Å². The summed E-state index contributed by atoms with van der Waals surface area (Å²) in [6.07, 6.45) is 2.29. The van der Waals surface area contributed by atoms with E-state index < -0.39 is 0 Å². The van der Waals surface area contributed by atoms with Crippen molar-refractivity contribution in [2.75, 3.05) is 32.8 Å². The van der Waals surface area contributed by atoms with Crippen LogP contribution in [0.4, 0.5) is 0 Å². The summed E-state index contributed by atoms with van der Waals surface area (Å²) in [6.45, 7) is 8.43. The second kappa shape index (κ2) is 11.5. The SMILES string of the molecule is Cc1ccc(C2=C(Cl)/C(=C\CN3CCOCC3)C(c3ccc(C)cc3)c3ccccc3O2)cc1.Cl. The number of nitrogens with zero attached hydrogens (tertiary/aromatic N) is 1. The van der Waals surface area contributed by atoms with Gasteiger partial charge in [-0.1, -0.05) is 95.5 Å². The number of halogens is 2. The number of para-hydroxylation sites is 1. The monoisotopic (exact) mass is 507 g/mol. The fourth-order valence-electron chi connectivity index (χ4n) is 4.62. The predicted molar refractivity (Wildman–Crippen MR) is 147 cm³/mol. The molecular formula is C30H31Cl2NO2. The topological polar surface area (TPSA) is 21.7 Å². The first kappa shape index (κ1) is 25.5. The van der Waals surface area contributed by atoms with Crippen molar-refractivity contribution in [2.24, 2.45) is 0 Å². The third kappa shape index (κ3) is 5.65. The van der Waals surface area contributed by atoms with Crippen LogP contribution in [-0.4, -0.2) is 37.7 Å². The molecule has 5 heteroatoms. The molecule has 0 spiro atoms. The fourth-order valence-corrected chi connectivity index (χ4v) is 4.95. The summed E-state index contributed by atoms with van der Waals surface area (Å²) in [5.74, 6) is 1.53. The zero-order chi connectivity index (χ0) is 23.5. The van der Waals surface area contributed by atoms with E-state index in [1.165, 1.54) is 16.7 Å². The minimum atomic E-state index is -0.0201. The standard InChI is InChI=1S/C30H30ClNO2.ClH/c1-21-7-11-23(12-8-21)28-25-5-3-4-6-27(25)34-30(24-13-9-22(2)10-14-24)29(31)26(28)15-16-32-17-19-33-20-18-32;/h3-15,28H,16-20H2,1-2H3;1H/b26-15-;. The summed E-state index contributed by atoms with van der Waals surface area (Å²) in [5, 5.41) is 0.666. The van der Waals surface area contributed by atoms with Gasteiger partial charge in [-0.3, -0.25) is 4.90 Å². The Hall–Kier alpha value is -2.56. The average molecular weight is 508 g/mol. The van der Waals surface area contributed by atoms with E-state index in [4.69, 9.17) is 21.1 Å². The van der Waals surface area contributed by atoms with Gasteiger partial charge in [-0.05, 0) is 31.1 Å². The van der Waals surface area contributed by atoms with Gasteiger partial charge >= 0.3 is 0 Å². The number of rotatable bonds is 4. The predicted octanol–water partition coefficient (Wildman–Crippen LogP) is 7.12. The smallest absolute Gasteiger partial charge is 0.153 e. The number of morpholine rings is 1. The number of allylic oxidation sites excluding steroid dienone is 2. The molecule has 3 nitrogen and oxygen atoms in total. The van der Waals surface area contributed by atoms with Gasteiger partial charge in [0.25, 0.3) is 0 Å². The maximum absolute atomic E-state index is 7.25. The minimum absolute atomic E-state index is 0. The average Bonchev–Trinajstić information content (AvgIpc) is 2.99. The number of hydrogen-bond donors (Lipinski definition) is 0. The Kier molecular flexibility index (Phi) is 8.35. The molecule has 1 atom stereocenters. The lowest BCUT2D eigenvalue weighted by molar-refractivity contribution is 0.0433. The number of ether oxygens (including phenoxy) is 2. The second-order valence-electron chi connectivity index (χ2n) is 9.07. The molecule has 0 aromatic heterocycles. The molecule has 35 heavy (non-hydrogen) atoms. The van der Waals surface area contributed by atoms with Gasteiger partial charge in [0.15, 0.2) is 5.76 Å². The largest absolute Gasteiger partial charge is 0.455 e. The van der Waals surface area contributed by atoms with E-state index in [1.54, 1.807) is 0 Å². The van der Waals surface area contributed by atoms with Crippen LogP contribution >= 0.6 is 24.0 Å². The Morgan fingerprint density at radius 1 is 0.886 bits per heavy atom. The third-order valence-corrected chi connectivity index (χ3v) is 6.99. The van der Waals surface area contributed by atoms with Crippen LogP contribution in [0.1, 0.15) is 33.7 Å². The van der Waals surface area contributed by atoms with Crippen molar-refractivity contribution in [3.63, 3.8) is 0 Å². The van der Waals surface area contributed by atoms with Crippen LogP contribution in [0.25, 0.3) is 5.76 Å². The molecule has 1 saturated heterocycles. The molecule has 2 aliphatic rings. The molecule has 0 bridgehead atoms. The molecule has 3 aromatic rings. The molecule has 2 heterocycles. The first-order valence-electron chi connectivity index (χ1n) is 11.9. The van der Waals surface area contributed by atoms with Gasteiger partial charge in [-0.25, -0.2) is 0 Å². The molecule has 0 aliphatic carbocycles. The highest BCUT2D eigenvalue weighted by atomic mass is 35.5. The minimum Gasteiger partial charge on any atom is -0.455 e. The zero-order valence-corrected chi connectivity index (χ0v) is 21.7. The van der Waals surface area contributed by atoms with Crippen molar-refractivity contribution >= 4 is 29.8 Å². The van der Waals surface area contributed by atoms with Crippen LogP contribution < -0.4 is 4.74 Å². The van der Waals surface area contributed by atoms with E-state index in [9.17, 15) is 0 Å². The van der Waals surface area contributed by atoms with Gasteiger partial charge in [0.1, 0.15) is 5.75 Å². The van der Waals surface area contributed by atoms with E-state index in [2.05, 4.69) is 85.5 Å². The van der Waals surface area contributed by atoms with Crippen LogP contribution in [-0.2, 0) is 4.74 Å². The number of benzene rings is 3. The molecule has 3 aromatic carbocycles. The van der Waals surface area contributed by atoms with Gasteiger partial charge in [-0.15, -0.1) is 12.4 Å². The Balaban J connectivity index is 0.00000289. The first-order chi connectivity index (χ1) is 16.6. The van der Waals surface area contributed by atoms with E-state index in [0.29, 0.717) is 10.8 Å². The number of hydrogen-bond acceptors (Lipinski definition) is 3. The van der Waals surface area contributed by atoms with Crippen LogP contribution in [0.15, 0.2) is 89.5 Å². The highest BCUT2D eigenvalue weighted by Crippen LogP contribution is 2.47. The van der Waals surface area contributed by atoms with Crippen LogP contribution in [0, 0.1) is 13.8 Å². The highest BCUT2D eigenvalue weighted by molar-refractivity contribution is 6.35. The van der Waals surface area contributed by atoms with Crippen LogP contribution in [0.3, 0.4) is 0 Å². The highest BCUT2D eigenvalue weighted by Gasteiger charge is 2.31. The van der Waals surface area contributed by atoms with E-state index >= 15 is 0 Å². The maximum Gasteiger partial charge on any atom is 0.153 e. The Labute approximate surface area is 219 Å². The Morgan fingerprint density at radius 3 is 2.20 bits per heavy atom. The lowest BCUT2D eigenvalue weighted by Crippen LogP contribution is -2.36. The lowest BCUT2D eigenvalue weighted by Gasteiger charge is -2.27. The molecule has 182 valence electrons. The quantitative estimate of drug-likeness (QED) is 0.375. The summed E-state index contributed by atoms with van der Waals surface area (Å²) in [7, 11) is 0.